The number of nitro benzene ring substituents is 1. The molecule has 0 spiro atoms. The van der Waals surface area contributed by atoms with Gasteiger partial charge in [-0.05, 0) is 6.08 Å². The van der Waals surface area contributed by atoms with Crippen molar-refractivity contribution >= 4 is 11.8 Å². The van der Waals surface area contributed by atoms with Crippen LogP contribution in [-0.2, 0) is 0 Å². The average molecular weight is 220 g/mol. The van der Waals surface area contributed by atoms with Gasteiger partial charge in [0.25, 0.3) is 0 Å². The van der Waals surface area contributed by atoms with Crippen LogP contribution >= 0.6 is 0 Å². The van der Waals surface area contributed by atoms with Crippen molar-refractivity contribution in [1.82, 2.24) is 0 Å². The summed E-state index contributed by atoms with van der Waals surface area (Å²) in [6.07, 6.45) is 2.45. The maximum absolute atomic E-state index is 10.4. The lowest BCUT2D eigenvalue weighted by Gasteiger charge is -1.98. The summed E-state index contributed by atoms with van der Waals surface area (Å²) in [5, 5.41) is 28.0. The van der Waals surface area contributed by atoms with E-state index >= 15 is 0 Å². The van der Waals surface area contributed by atoms with E-state index in [4.69, 9.17) is 5.26 Å². The molecule has 5 nitrogen and oxygen atoms in total. The van der Waals surface area contributed by atoms with Gasteiger partial charge in [-0.25, -0.2) is 0 Å². The fourth-order valence-electron chi connectivity index (χ4n) is 0.958. The Labute approximate surface area is 93.4 Å². The van der Waals surface area contributed by atoms with Crippen molar-refractivity contribution < 1.29 is 10.0 Å². The van der Waals surface area contributed by atoms with Gasteiger partial charge in [0.05, 0.1) is 11.0 Å². The van der Waals surface area contributed by atoms with E-state index < -0.39 is 10.7 Å². The van der Waals surface area contributed by atoms with Crippen molar-refractivity contribution in [2.45, 2.75) is 13.8 Å². The molecule has 0 unspecified atom stereocenters. The molecule has 1 aromatic carbocycles. The van der Waals surface area contributed by atoms with Gasteiger partial charge in [-0.3, -0.25) is 10.1 Å². The molecular formula is C11H12N2O3. The Bertz CT molecular complexity index is 433. The minimum Gasteiger partial charge on any atom is -0.502 e. The molecule has 0 atom stereocenters. The first kappa shape index (κ1) is 13.7. The molecule has 0 heterocycles. The summed E-state index contributed by atoms with van der Waals surface area (Å²) in [5.41, 5.74) is -0.120. The molecule has 0 aliphatic heterocycles. The van der Waals surface area contributed by atoms with Crippen molar-refractivity contribution in [2.75, 3.05) is 0 Å². The molecule has 0 saturated heterocycles. The number of nitro groups is 1. The number of aromatic hydroxyl groups is 1. The number of rotatable bonds is 2. The van der Waals surface area contributed by atoms with Crippen molar-refractivity contribution in [2.24, 2.45) is 0 Å². The van der Waals surface area contributed by atoms with Gasteiger partial charge in [0.2, 0.25) is 5.75 Å². The predicted molar refractivity (Wildman–Crippen MR) is 60.8 cm³/mol. The minimum absolute atomic E-state index is 0.251. The second-order valence-corrected chi connectivity index (χ2v) is 2.43. The molecule has 0 bridgehead atoms. The number of hydrogen-bond acceptors (Lipinski definition) is 4. The lowest BCUT2D eigenvalue weighted by molar-refractivity contribution is -0.385. The van der Waals surface area contributed by atoms with Gasteiger partial charge in [0, 0.05) is 17.7 Å². The summed E-state index contributed by atoms with van der Waals surface area (Å²) in [6.45, 7) is 4.00. The molecule has 0 aliphatic carbocycles. The van der Waals surface area contributed by atoms with Crippen molar-refractivity contribution in [3.05, 3.63) is 40.0 Å². The summed E-state index contributed by atoms with van der Waals surface area (Å²) >= 11 is 0. The Morgan fingerprint density at radius 2 is 2.12 bits per heavy atom. The molecule has 1 rings (SSSR count). The van der Waals surface area contributed by atoms with Crippen LogP contribution in [-0.4, -0.2) is 10.0 Å². The molecule has 0 aliphatic rings. The standard InChI is InChI=1S/C9H6N2O3.C2H6/c10-6-2-4-7-3-1-5-8(9(7)12)11(13)14;1-2/h1-5,12H;1-2H3/b4-2+;. The first-order valence-corrected chi connectivity index (χ1v) is 4.69. The molecule has 0 aromatic heterocycles. The minimum atomic E-state index is -0.682. The summed E-state index contributed by atoms with van der Waals surface area (Å²) in [4.78, 5) is 9.72. The number of allylic oxidation sites excluding steroid dienone is 1. The number of nitrogens with zero attached hydrogens (tertiary/aromatic N) is 2. The average Bonchev–Trinajstić information content (AvgIpc) is 2.30. The summed E-state index contributed by atoms with van der Waals surface area (Å²) in [6, 6.07) is 5.85. The van der Waals surface area contributed by atoms with Crippen molar-refractivity contribution in [3.8, 4) is 11.8 Å². The fraction of sp³-hybridized carbons (Fsp3) is 0.182. The molecule has 0 radical (unpaired) electrons. The highest BCUT2D eigenvalue weighted by Crippen LogP contribution is 2.29. The van der Waals surface area contributed by atoms with E-state index in [-0.39, 0.29) is 11.3 Å². The van der Waals surface area contributed by atoms with Gasteiger partial charge in [-0.2, -0.15) is 5.26 Å². The Hall–Kier alpha value is -2.35. The van der Waals surface area contributed by atoms with Gasteiger partial charge >= 0.3 is 5.69 Å². The Morgan fingerprint density at radius 1 is 1.50 bits per heavy atom. The van der Waals surface area contributed by atoms with E-state index in [9.17, 15) is 15.2 Å². The van der Waals surface area contributed by atoms with Crippen LogP contribution in [0.5, 0.6) is 5.75 Å². The first-order valence-electron chi connectivity index (χ1n) is 4.69. The van der Waals surface area contributed by atoms with Crippen LogP contribution in [0.1, 0.15) is 19.4 Å². The van der Waals surface area contributed by atoms with E-state index in [0.29, 0.717) is 0 Å². The van der Waals surface area contributed by atoms with E-state index in [1.54, 1.807) is 6.07 Å². The van der Waals surface area contributed by atoms with E-state index in [1.165, 1.54) is 24.3 Å². The van der Waals surface area contributed by atoms with Crippen LogP contribution in [0.4, 0.5) is 5.69 Å². The second-order valence-electron chi connectivity index (χ2n) is 2.43. The van der Waals surface area contributed by atoms with Gasteiger partial charge in [-0.1, -0.05) is 26.0 Å². The summed E-state index contributed by atoms with van der Waals surface area (Å²) in [5.74, 6) is -0.427. The number of hydrogen-bond donors (Lipinski definition) is 1. The highest BCUT2D eigenvalue weighted by atomic mass is 16.6. The van der Waals surface area contributed by atoms with Crippen LogP contribution < -0.4 is 0 Å². The Morgan fingerprint density at radius 3 is 2.62 bits per heavy atom. The van der Waals surface area contributed by atoms with Gasteiger partial charge in [0.15, 0.2) is 0 Å². The molecule has 0 fully saturated rings. The molecule has 5 heteroatoms. The van der Waals surface area contributed by atoms with Crippen LogP contribution in [0, 0.1) is 21.4 Å². The van der Waals surface area contributed by atoms with Crippen LogP contribution in [0.2, 0.25) is 0 Å². The van der Waals surface area contributed by atoms with Gasteiger partial charge < -0.3 is 5.11 Å². The topological polar surface area (TPSA) is 87.2 Å². The van der Waals surface area contributed by atoms with Crippen LogP contribution in [0.3, 0.4) is 0 Å². The smallest absolute Gasteiger partial charge is 0.311 e. The monoisotopic (exact) mass is 220 g/mol. The molecule has 0 amide bonds. The summed E-state index contributed by atoms with van der Waals surface area (Å²) in [7, 11) is 0. The van der Waals surface area contributed by atoms with E-state index in [0.717, 1.165) is 6.08 Å². The quantitative estimate of drug-likeness (QED) is 0.471. The zero-order valence-corrected chi connectivity index (χ0v) is 9.04. The van der Waals surface area contributed by atoms with Crippen LogP contribution in [0.25, 0.3) is 6.08 Å². The highest BCUT2D eigenvalue weighted by Gasteiger charge is 2.14. The molecular weight excluding hydrogens is 208 g/mol. The van der Waals surface area contributed by atoms with Crippen molar-refractivity contribution in [1.29, 1.82) is 5.26 Å². The maximum atomic E-state index is 10.4. The predicted octanol–water partition coefficient (Wildman–Crippen LogP) is 2.86. The lowest BCUT2D eigenvalue weighted by Crippen LogP contribution is -1.89. The molecule has 0 saturated carbocycles. The third kappa shape index (κ3) is 3.42. The van der Waals surface area contributed by atoms with Gasteiger partial charge in [0.1, 0.15) is 0 Å². The maximum Gasteiger partial charge on any atom is 0.311 e. The molecule has 84 valence electrons. The third-order valence-electron chi connectivity index (χ3n) is 1.58. The largest absolute Gasteiger partial charge is 0.502 e. The summed E-state index contributed by atoms with van der Waals surface area (Å²) < 4.78 is 0. The number of benzene rings is 1. The zero-order chi connectivity index (χ0) is 12.6. The van der Waals surface area contributed by atoms with E-state index in [1.807, 2.05) is 13.8 Å². The Balaban J connectivity index is 0.00000106. The molecule has 1 aromatic rings. The Kier molecular flexibility index (Phi) is 5.98. The fourth-order valence-corrected chi connectivity index (χ4v) is 0.958. The second kappa shape index (κ2) is 7.01. The van der Waals surface area contributed by atoms with Crippen LogP contribution in [0.15, 0.2) is 24.3 Å². The normalized spacial score (nSPS) is 9.06. The number of phenols is 1. The highest BCUT2D eigenvalue weighted by molar-refractivity contribution is 5.64. The number of phenolic OH excluding ortho intramolecular Hbond substituents is 1. The molecule has 16 heavy (non-hydrogen) atoms. The van der Waals surface area contributed by atoms with Gasteiger partial charge in [-0.15, -0.1) is 0 Å². The third-order valence-corrected chi connectivity index (χ3v) is 1.58. The first-order chi connectivity index (χ1) is 7.66. The zero-order valence-electron chi connectivity index (χ0n) is 9.04. The van der Waals surface area contributed by atoms with E-state index in [2.05, 4.69) is 0 Å². The lowest BCUT2D eigenvalue weighted by atomic mass is 10.1. The number of para-hydroxylation sites is 1. The SMILES string of the molecule is CC.N#C/C=C/c1cccc([N+](=O)[O-])c1O. The number of nitriles is 1. The molecule has 1 N–H and O–H groups in total. The van der Waals surface area contributed by atoms with Crippen molar-refractivity contribution in [3.63, 3.8) is 0 Å².